The molecular weight excluding hydrogens is 234 g/mol. The highest BCUT2D eigenvalue weighted by Crippen LogP contribution is 2.88. The normalized spacial score (nSPS) is 38.4. The van der Waals surface area contributed by atoms with E-state index in [9.17, 15) is 4.79 Å². The van der Waals surface area contributed by atoms with Crippen molar-refractivity contribution < 1.29 is 4.79 Å². The number of hydrogen-bond acceptors (Lipinski definition) is 2. The minimum absolute atomic E-state index is 0.0895. The van der Waals surface area contributed by atoms with Crippen LogP contribution in [0.5, 0.6) is 0 Å². The van der Waals surface area contributed by atoms with Crippen molar-refractivity contribution in [2.24, 2.45) is 16.2 Å². The first kappa shape index (κ1) is 13.4. The third-order valence-electron chi connectivity index (χ3n) is 7.12. The van der Waals surface area contributed by atoms with E-state index >= 15 is 0 Å². The second kappa shape index (κ2) is 3.72. The lowest BCUT2D eigenvalue weighted by atomic mass is 9.73. The van der Waals surface area contributed by atoms with Crippen molar-refractivity contribution in [3.8, 4) is 0 Å². The molecule has 0 N–H and O–H groups in total. The molecule has 0 radical (unpaired) electrons. The van der Waals surface area contributed by atoms with Gasteiger partial charge in [0.1, 0.15) is 0 Å². The highest BCUT2D eigenvalue weighted by molar-refractivity contribution is 5.99. The number of rotatable bonds is 3. The molecule has 0 bridgehead atoms. The molecule has 0 aromatic heterocycles. The van der Waals surface area contributed by atoms with Crippen molar-refractivity contribution >= 4 is 5.78 Å². The van der Waals surface area contributed by atoms with Crippen molar-refractivity contribution in [3.05, 3.63) is 12.2 Å². The lowest BCUT2D eigenvalue weighted by Gasteiger charge is -2.32. The maximum absolute atomic E-state index is 12.5. The number of carbonyl (C=O) groups excluding carboxylic acids is 1. The minimum atomic E-state index is 0.0895. The van der Waals surface area contributed by atoms with Gasteiger partial charge in [-0.15, -0.1) is 0 Å². The summed E-state index contributed by atoms with van der Waals surface area (Å²) in [5, 5.41) is 0. The van der Waals surface area contributed by atoms with Crippen LogP contribution in [0.1, 0.15) is 52.9 Å². The number of likely N-dealkylation sites (tertiary alicyclic amines) is 1. The Bertz CT molecular complexity index is 446. The fourth-order valence-electron chi connectivity index (χ4n) is 5.48. The SMILES string of the molecule is C=C(CC)C(=O)C1C[C@@]2(CN1C)C(C)(C)C21CCC1. The summed E-state index contributed by atoms with van der Waals surface area (Å²) < 4.78 is 0. The number of nitrogens with zero attached hydrogens (tertiary/aromatic N) is 1. The summed E-state index contributed by atoms with van der Waals surface area (Å²) in [4.78, 5) is 14.8. The van der Waals surface area contributed by atoms with Crippen molar-refractivity contribution in [2.75, 3.05) is 13.6 Å². The van der Waals surface area contributed by atoms with Crippen LogP contribution in [0.4, 0.5) is 0 Å². The van der Waals surface area contributed by atoms with Crippen LogP contribution in [-0.2, 0) is 4.79 Å². The fourth-order valence-corrected chi connectivity index (χ4v) is 5.48. The second-order valence-corrected chi connectivity index (χ2v) is 7.60. The molecule has 2 heteroatoms. The zero-order valence-corrected chi connectivity index (χ0v) is 12.9. The molecule has 2 atom stereocenters. The lowest BCUT2D eigenvalue weighted by Crippen LogP contribution is -2.33. The quantitative estimate of drug-likeness (QED) is 0.726. The molecule has 0 aromatic carbocycles. The van der Waals surface area contributed by atoms with Gasteiger partial charge in [-0.2, -0.15) is 0 Å². The van der Waals surface area contributed by atoms with Gasteiger partial charge in [0.2, 0.25) is 0 Å². The lowest BCUT2D eigenvalue weighted by molar-refractivity contribution is -0.119. The zero-order chi connectivity index (χ0) is 14.1. The van der Waals surface area contributed by atoms with Crippen LogP contribution in [0.25, 0.3) is 0 Å². The summed E-state index contributed by atoms with van der Waals surface area (Å²) in [5.41, 5.74) is 2.18. The number of Topliss-reactive ketones (excluding diaryl/α,β-unsaturated/α-hetero) is 1. The third kappa shape index (κ3) is 1.29. The van der Waals surface area contributed by atoms with Gasteiger partial charge in [0.05, 0.1) is 6.04 Å². The van der Waals surface area contributed by atoms with Gasteiger partial charge >= 0.3 is 0 Å². The minimum Gasteiger partial charge on any atom is -0.296 e. The number of ketones is 1. The first-order valence-corrected chi connectivity index (χ1v) is 7.75. The number of hydrogen-bond donors (Lipinski definition) is 0. The van der Waals surface area contributed by atoms with Gasteiger partial charge in [0, 0.05) is 6.54 Å². The van der Waals surface area contributed by atoms with Gasteiger partial charge in [-0.3, -0.25) is 9.69 Å². The van der Waals surface area contributed by atoms with E-state index in [0.29, 0.717) is 22.0 Å². The number of carbonyl (C=O) groups is 1. The maximum Gasteiger partial charge on any atom is 0.175 e. The number of likely N-dealkylation sites (N-methyl/N-ethyl adjacent to an activating group) is 1. The Morgan fingerprint density at radius 1 is 1.32 bits per heavy atom. The molecule has 3 fully saturated rings. The summed E-state index contributed by atoms with van der Waals surface area (Å²) in [6.07, 6.45) is 5.99. The Labute approximate surface area is 117 Å². The standard InChI is InChI=1S/C17H27NO/c1-6-12(2)14(19)13-10-17(11-18(13)5)15(3,4)16(17)8-7-9-16/h13H,2,6-11H2,1,3-5H3/t13?,17-/m1/s1. The molecule has 2 nitrogen and oxygen atoms in total. The molecule has 3 rings (SSSR count). The molecular formula is C17H27NO. The maximum atomic E-state index is 12.5. The molecule has 1 aliphatic heterocycles. The second-order valence-electron chi connectivity index (χ2n) is 7.60. The van der Waals surface area contributed by atoms with Gasteiger partial charge in [0.25, 0.3) is 0 Å². The average molecular weight is 261 g/mol. The zero-order valence-electron chi connectivity index (χ0n) is 12.9. The van der Waals surface area contributed by atoms with E-state index in [1.807, 2.05) is 6.92 Å². The van der Waals surface area contributed by atoms with Crippen LogP contribution >= 0.6 is 0 Å². The molecule has 106 valence electrons. The molecule has 3 aliphatic rings. The molecule has 0 aromatic rings. The summed E-state index contributed by atoms with van der Waals surface area (Å²) >= 11 is 0. The topological polar surface area (TPSA) is 20.3 Å². The third-order valence-corrected chi connectivity index (χ3v) is 7.12. The molecule has 2 aliphatic carbocycles. The molecule has 19 heavy (non-hydrogen) atoms. The predicted molar refractivity (Wildman–Crippen MR) is 78.0 cm³/mol. The monoisotopic (exact) mass is 261 g/mol. The first-order chi connectivity index (χ1) is 8.83. The number of fused-ring (bicyclic) bond motifs is 1. The van der Waals surface area contributed by atoms with E-state index in [0.717, 1.165) is 25.0 Å². The van der Waals surface area contributed by atoms with Crippen molar-refractivity contribution in [1.82, 2.24) is 4.90 Å². The summed E-state index contributed by atoms with van der Waals surface area (Å²) in [5.74, 6) is 0.291. The van der Waals surface area contributed by atoms with E-state index < -0.39 is 0 Å². The molecule has 2 spiro atoms. The Morgan fingerprint density at radius 3 is 2.37 bits per heavy atom. The predicted octanol–water partition coefficient (Wildman–Crippen LogP) is 3.42. The Balaban J connectivity index is 1.84. The summed E-state index contributed by atoms with van der Waals surface area (Å²) in [7, 11) is 2.13. The van der Waals surface area contributed by atoms with E-state index in [2.05, 4.69) is 32.4 Å². The van der Waals surface area contributed by atoms with E-state index in [1.165, 1.54) is 19.3 Å². The highest BCUT2D eigenvalue weighted by Gasteiger charge is 2.84. The molecule has 1 saturated heterocycles. The van der Waals surface area contributed by atoms with Gasteiger partial charge in [-0.1, -0.05) is 33.8 Å². The Kier molecular flexibility index (Phi) is 2.62. The molecule has 2 saturated carbocycles. The van der Waals surface area contributed by atoms with Crippen molar-refractivity contribution in [3.63, 3.8) is 0 Å². The average Bonchev–Trinajstić information content (AvgIpc) is 2.56. The first-order valence-electron chi connectivity index (χ1n) is 7.75. The Morgan fingerprint density at radius 2 is 1.95 bits per heavy atom. The van der Waals surface area contributed by atoms with Crippen LogP contribution in [0.15, 0.2) is 12.2 Å². The van der Waals surface area contributed by atoms with Gasteiger partial charge in [-0.05, 0) is 54.5 Å². The van der Waals surface area contributed by atoms with Crippen LogP contribution in [0, 0.1) is 16.2 Å². The van der Waals surface area contributed by atoms with E-state index in [4.69, 9.17) is 0 Å². The van der Waals surface area contributed by atoms with Gasteiger partial charge in [-0.25, -0.2) is 0 Å². The Hall–Kier alpha value is -0.630. The van der Waals surface area contributed by atoms with Gasteiger partial charge in [0.15, 0.2) is 5.78 Å². The summed E-state index contributed by atoms with van der Waals surface area (Å²) in [6, 6.07) is 0.0895. The van der Waals surface area contributed by atoms with Crippen molar-refractivity contribution in [1.29, 1.82) is 0 Å². The smallest absolute Gasteiger partial charge is 0.175 e. The highest BCUT2D eigenvalue weighted by atomic mass is 16.1. The van der Waals surface area contributed by atoms with Crippen LogP contribution in [-0.4, -0.2) is 30.3 Å². The van der Waals surface area contributed by atoms with Crippen LogP contribution in [0.3, 0.4) is 0 Å². The molecule has 0 amide bonds. The fraction of sp³-hybridized carbons (Fsp3) is 0.824. The summed E-state index contributed by atoms with van der Waals surface area (Å²) in [6.45, 7) is 11.9. The van der Waals surface area contributed by atoms with Crippen molar-refractivity contribution in [2.45, 2.75) is 58.9 Å². The molecule has 1 unspecified atom stereocenters. The van der Waals surface area contributed by atoms with E-state index in [1.54, 1.807) is 0 Å². The van der Waals surface area contributed by atoms with E-state index in [-0.39, 0.29) is 6.04 Å². The van der Waals surface area contributed by atoms with Crippen LogP contribution < -0.4 is 0 Å². The van der Waals surface area contributed by atoms with Gasteiger partial charge < -0.3 is 0 Å². The largest absolute Gasteiger partial charge is 0.296 e. The molecule has 1 heterocycles. The van der Waals surface area contributed by atoms with Crippen LogP contribution in [0.2, 0.25) is 0 Å².